The molecule has 2 N–H and O–H groups in total. The largest absolute Gasteiger partial charge is 0.384 e. The first-order valence-electron chi connectivity index (χ1n) is 7.86. The number of benzene rings is 1. The van der Waals surface area contributed by atoms with Gasteiger partial charge in [-0.2, -0.15) is 11.3 Å². The van der Waals surface area contributed by atoms with E-state index < -0.39 is 5.60 Å². The second-order valence-corrected chi connectivity index (χ2v) is 7.03. The molecule has 4 nitrogen and oxygen atoms in total. The van der Waals surface area contributed by atoms with Crippen LogP contribution in [0.5, 0.6) is 0 Å². The molecule has 1 aliphatic rings. The normalized spacial score (nSPS) is 17.4. The van der Waals surface area contributed by atoms with Crippen molar-refractivity contribution in [2.24, 2.45) is 0 Å². The maximum atomic E-state index is 12.5. The number of para-hydroxylation sites is 1. The Balaban J connectivity index is 1.63. The molecule has 1 amide bonds. The molecule has 122 valence electrons. The molecule has 0 radical (unpaired) electrons. The summed E-state index contributed by atoms with van der Waals surface area (Å²) in [5.41, 5.74) is 2.22. The van der Waals surface area contributed by atoms with Crippen LogP contribution in [-0.2, 0) is 16.8 Å². The molecule has 2 atom stereocenters. The molecule has 3 rings (SSSR count). The van der Waals surface area contributed by atoms with E-state index in [1.54, 1.807) is 6.92 Å². The van der Waals surface area contributed by atoms with Gasteiger partial charge in [-0.3, -0.25) is 4.79 Å². The molecule has 5 heteroatoms. The van der Waals surface area contributed by atoms with Gasteiger partial charge < -0.3 is 15.3 Å². The van der Waals surface area contributed by atoms with Crippen molar-refractivity contribution in [2.45, 2.75) is 31.9 Å². The van der Waals surface area contributed by atoms with Crippen molar-refractivity contribution in [3.8, 4) is 0 Å². The van der Waals surface area contributed by atoms with Crippen LogP contribution in [0.4, 0.5) is 5.69 Å². The summed E-state index contributed by atoms with van der Waals surface area (Å²) in [6, 6.07) is 9.84. The van der Waals surface area contributed by atoms with Crippen molar-refractivity contribution in [1.29, 1.82) is 0 Å². The Bertz CT molecular complexity index is 682. The van der Waals surface area contributed by atoms with E-state index in [1.165, 1.54) is 16.9 Å². The van der Waals surface area contributed by atoms with Gasteiger partial charge in [0, 0.05) is 12.2 Å². The molecule has 1 aromatic carbocycles. The molecule has 0 bridgehead atoms. The summed E-state index contributed by atoms with van der Waals surface area (Å²) in [7, 11) is 0. The highest BCUT2D eigenvalue weighted by Crippen LogP contribution is 2.29. The summed E-state index contributed by atoms with van der Waals surface area (Å²) in [6.07, 6.45) is 0.973. The summed E-state index contributed by atoms with van der Waals surface area (Å²) in [6.45, 7) is 4.71. The molecule has 1 aliphatic heterocycles. The predicted molar refractivity (Wildman–Crippen MR) is 93.9 cm³/mol. The Morgan fingerprint density at radius 1 is 1.43 bits per heavy atom. The summed E-state index contributed by atoms with van der Waals surface area (Å²) in [5, 5.41) is 17.2. The zero-order chi connectivity index (χ0) is 16.4. The van der Waals surface area contributed by atoms with Gasteiger partial charge in [-0.15, -0.1) is 0 Å². The van der Waals surface area contributed by atoms with Crippen LogP contribution in [0.25, 0.3) is 0 Å². The molecular weight excluding hydrogens is 308 g/mol. The van der Waals surface area contributed by atoms with Crippen molar-refractivity contribution in [3.05, 3.63) is 52.2 Å². The first-order valence-corrected chi connectivity index (χ1v) is 8.80. The van der Waals surface area contributed by atoms with Crippen LogP contribution < -0.4 is 10.2 Å². The summed E-state index contributed by atoms with van der Waals surface area (Å²) < 4.78 is 0. The van der Waals surface area contributed by atoms with E-state index in [-0.39, 0.29) is 18.5 Å². The van der Waals surface area contributed by atoms with E-state index >= 15 is 0 Å². The van der Waals surface area contributed by atoms with E-state index in [1.807, 2.05) is 35.9 Å². The van der Waals surface area contributed by atoms with Gasteiger partial charge in [0.15, 0.2) is 0 Å². The highest BCUT2D eigenvalue weighted by atomic mass is 32.1. The zero-order valence-corrected chi connectivity index (χ0v) is 14.3. The van der Waals surface area contributed by atoms with Gasteiger partial charge in [0.05, 0.1) is 6.54 Å². The fourth-order valence-corrected chi connectivity index (χ4v) is 3.77. The number of carbonyl (C=O) groups is 1. The van der Waals surface area contributed by atoms with Gasteiger partial charge in [-0.1, -0.05) is 18.2 Å². The number of hydrogen-bond acceptors (Lipinski definition) is 4. The molecule has 2 heterocycles. The highest BCUT2D eigenvalue weighted by Gasteiger charge is 2.29. The Labute approximate surface area is 140 Å². The number of anilines is 1. The third kappa shape index (κ3) is 3.26. The van der Waals surface area contributed by atoms with Crippen molar-refractivity contribution >= 4 is 22.9 Å². The lowest BCUT2D eigenvalue weighted by Gasteiger charge is -2.28. The van der Waals surface area contributed by atoms with E-state index in [0.29, 0.717) is 0 Å². The maximum Gasteiger partial charge on any atom is 0.242 e. The van der Waals surface area contributed by atoms with Crippen molar-refractivity contribution in [2.75, 3.05) is 18.0 Å². The first kappa shape index (κ1) is 16.0. The van der Waals surface area contributed by atoms with Crippen LogP contribution in [-0.4, -0.2) is 30.1 Å². The molecule has 0 saturated carbocycles. The van der Waals surface area contributed by atoms with Gasteiger partial charge >= 0.3 is 0 Å². The lowest BCUT2D eigenvalue weighted by atomic mass is 9.99. The van der Waals surface area contributed by atoms with E-state index in [9.17, 15) is 9.90 Å². The second kappa shape index (κ2) is 6.34. The molecule has 1 aromatic heterocycles. The number of carbonyl (C=O) groups excluding carboxylic acids is 1. The molecular formula is C18H22N2O2S. The fourth-order valence-electron chi connectivity index (χ4n) is 2.99. The number of amides is 1. The van der Waals surface area contributed by atoms with Crippen LogP contribution in [0.2, 0.25) is 0 Å². The molecule has 23 heavy (non-hydrogen) atoms. The number of aliphatic hydroxyl groups is 1. The zero-order valence-electron chi connectivity index (χ0n) is 13.5. The highest BCUT2D eigenvalue weighted by molar-refractivity contribution is 7.08. The van der Waals surface area contributed by atoms with Gasteiger partial charge in [0.25, 0.3) is 0 Å². The number of fused-ring (bicyclic) bond motifs is 1. The lowest BCUT2D eigenvalue weighted by Crippen LogP contribution is -2.48. The molecule has 0 aliphatic carbocycles. The number of rotatable bonds is 5. The van der Waals surface area contributed by atoms with E-state index in [4.69, 9.17) is 0 Å². The fraction of sp³-hybridized carbons (Fsp3) is 0.389. The first-order chi connectivity index (χ1) is 11.0. The minimum atomic E-state index is -1.04. The Morgan fingerprint density at radius 3 is 2.96 bits per heavy atom. The van der Waals surface area contributed by atoms with Crippen LogP contribution >= 0.6 is 11.3 Å². The SMILES string of the molecule is C[C@H](C(=O)NC[C@](C)(O)c1ccsc1)N1CCc2ccccc21. The molecule has 0 spiro atoms. The predicted octanol–water partition coefficient (Wildman–Crippen LogP) is 2.52. The van der Waals surface area contributed by atoms with Crippen LogP contribution in [0.1, 0.15) is 25.0 Å². The van der Waals surface area contributed by atoms with E-state index in [2.05, 4.69) is 22.3 Å². The Kier molecular flexibility index (Phi) is 4.41. The van der Waals surface area contributed by atoms with Crippen LogP contribution in [0, 0.1) is 0 Å². The molecule has 2 aromatic rings. The number of nitrogens with one attached hydrogen (secondary N) is 1. The maximum absolute atomic E-state index is 12.5. The van der Waals surface area contributed by atoms with Crippen molar-refractivity contribution in [1.82, 2.24) is 5.32 Å². The van der Waals surface area contributed by atoms with Gasteiger partial charge in [0.2, 0.25) is 5.91 Å². The van der Waals surface area contributed by atoms with Crippen molar-refractivity contribution in [3.63, 3.8) is 0 Å². The monoisotopic (exact) mass is 330 g/mol. The lowest BCUT2D eigenvalue weighted by molar-refractivity contribution is -0.123. The van der Waals surface area contributed by atoms with Gasteiger partial charge in [0.1, 0.15) is 11.6 Å². The minimum absolute atomic E-state index is 0.0581. The minimum Gasteiger partial charge on any atom is -0.384 e. The summed E-state index contributed by atoms with van der Waals surface area (Å²) >= 11 is 1.54. The smallest absolute Gasteiger partial charge is 0.242 e. The number of thiophene rings is 1. The van der Waals surface area contributed by atoms with Gasteiger partial charge in [-0.05, 0) is 54.3 Å². The Morgan fingerprint density at radius 2 is 2.22 bits per heavy atom. The quantitative estimate of drug-likeness (QED) is 0.886. The van der Waals surface area contributed by atoms with Crippen molar-refractivity contribution < 1.29 is 9.90 Å². The van der Waals surface area contributed by atoms with E-state index in [0.717, 1.165) is 24.2 Å². The standard InChI is InChI=1S/C18H22N2O2S/c1-13(20-9-7-14-5-3-4-6-16(14)20)17(21)19-12-18(2,22)15-8-10-23-11-15/h3-6,8,10-11,13,22H,7,9,12H2,1-2H3,(H,19,21)/t13-,18+/m1/s1. The average molecular weight is 330 g/mol. The molecule has 0 unspecified atom stereocenters. The second-order valence-electron chi connectivity index (χ2n) is 6.25. The summed E-state index contributed by atoms with van der Waals surface area (Å²) in [5.74, 6) is -0.0581. The number of nitrogens with zero attached hydrogens (tertiary/aromatic N) is 1. The van der Waals surface area contributed by atoms with Crippen LogP contribution in [0.3, 0.4) is 0 Å². The average Bonchev–Trinajstić information content (AvgIpc) is 3.21. The summed E-state index contributed by atoms with van der Waals surface area (Å²) in [4.78, 5) is 14.6. The molecule has 0 fully saturated rings. The number of hydrogen-bond donors (Lipinski definition) is 2. The van der Waals surface area contributed by atoms with Gasteiger partial charge in [-0.25, -0.2) is 0 Å². The molecule has 0 saturated heterocycles. The van der Waals surface area contributed by atoms with Crippen LogP contribution in [0.15, 0.2) is 41.1 Å². The Hall–Kier alpha value is -1.85. The third-order valence-corrected chi connectivity index (χ3v) is 5.20. The third-order valence-electron chi connectivity index (χ3n) is 4.52. The topological polar surface area (TPSA) is 52.6 Å².